The Morgan fingerprint density at radius 2 is 1.81 bits per heavy atom. The molecule has 2 rings (SSSR count). The highest BCUT2D eigenvalue weighted by atomic mass is 35.5. The molecule has 0 aliphatic heterocycles. The van der Waals surface area contributed by atoms with Crippen molar-refractivity contribution in [2.45, 2.75) is 39.1 Å². The molecule has 1 atom stereocenters. The molecule has 2 amide bonds. The van der Waals surface area contributed by atoms with Gasteiger partial charge in [-0.25, -0.2) is 4.39 Å². The number of hydrogen-bond donors (Lipinski definition) is 1. The lowest BCUT2D eigenvalue weighted by atomic mass is 10.1. The maximum Gasteiger partial charge on any atom is 0.242 e. The van der Waals surface area contributed by atoms with Gasteiger partial charge >= 0.3 is 0 Å². The molecule has 4 nitrogen and oxygen atoms in total. The number of nitrogens with one attached hydrogen (secondary N) is 1. The monoisotopic (exact) mass is 484 g/mol. The summed E-state index contributed by atoms with van der Waals surface area (Å²) in [5.41, 5.74) is 1.31. The molecule has 0 aliphatic carbocycles. The fourth-order valence-electron chi connectivity index (χ4n) is 2.81. The summed E-state index contributed by atoms with van der Waals surface area (Å²) in [5, 5.41) is 3.79. The van der Waals surface area contributed by atoms with Crippen molar-refractivity contribution < 1.29 is 14.0 Å². The van der Waals surface area contributed by atoms with Crippen LogP contribution in [0.5, 0.6) is 0 Å². The Morgan fingerprint density at radius 1 is 1.10 bits per heavy atom. The first-order chi connectivity index (χ1) is 14.7. The summed E-state index contributed by atoms with van der Waals surface area (Å²) in [6.45, 7) is 6.18. The van der Waals surface area contributed by atoms with Crippen molar-refractivity contribution in [1.29, 1.82) is 0 Å². The molecule has 168 valence electrons. The minimum absolute atomic E-state index is 0.0229. The maximum absolute atomic E-state index is 14.2. The van der Waals surface area contributed by atoms with E-state index >= 15 is 0 Å². The Hall–Kier alpha value is -1.76. The van der Waals surface area contributed by atoms with E-state index in [4.69, 9.17) is 23.2 Å². The molecular formula is C23H27Cl2FN2O2S. The molecule has 0 saturated carbocycles. The van der Waals surface area contributed by atoms with E-state index in [-0.39, 0.29) is 30.0 Å². The minimum Gasteiger partial charge on any atom is -0.354 e. The van der Waals surface area contributed by atoms with E-state index in [1.165, 1.54) is 22.7 Å². The molecule has 1 N–H and O–H groups in total. The first-order valence-corrected chi connectivity index (χ1v) is 11.9. The van der Waals surface area contributed by atoms with E-state index in [1.54, 1.807) is 37.3 Å². The third-order valence-electron chi connectivity index (χ3n) is 4.63. The van der Waals surface area contributed by atoms with Crippen LogP contribution in [0.15, 0.2) is 42.5 Å². The minimum atomic E-state index is -0.726. The number of carbonyl (C=O) groups is 2. The fraction of sp³-hybridized carbons (Fsp3) is 0.391. The molecule has 2 aromatic rings. The van der Waals surface area contributed by atoms with E-state index < -0.39 is 11.9 Å². The Bertz CT molecular complexity index is 911. The van der Waals surface area contributed by atoms with Crippen LogP contribution < -0.4 is 5.32 Å². The van der Waals surface area contributed by atoms with Crippen LogP contribution in [-0.4, -0.2) is 35.1 Å². The van der Waals surface area contributed by atoms with Gasteiger partial charge in [-0.3, -0.25) is 9.59 Å². The number of thioether (sulfide) groups is 1. The van der Waals surface area contributed by atoms with E-state index in [9.17, 15) is 14.0 Å². The molecule has 8 heteroatoms. The zero-order chi connectivity index (χ0) is 23.0. The third-order valence-corrected chi connectivity index (χ3v) is 6.36. The molecule has 2 aromatic carbocycles. The summed E-state index contributed by atoms with van der Waals surface area (Å²) >= 11 is 13.4. The summed E-state index contributed by atoms with van der Waals surface area (Å²) in [6, 6.07) is 10.9. The van der Waals surface area contributed by atoms with Crippen molar-refractivity contribution in [3.05, 3.63) is 69.5 Å². The van der Waals surface area contributed by atoms with Crippen molar-refractivity contribution in [2.24, 2.45) is 5.92 Å². The second-order valence-electron chi connectivity index (χ2n) is 7.67. The lowest BCUT2D eigenvalue weighted by molar-refractivity contribution is -0.138. The van der Waals surface area contributed by atoms with Gasteiger partial charge in [0.15, 0.2) is 0 Å². The molecule has 0 unspecified atom stereocenters. The molecule has 0 spiro atoms. The smallest absolute Gasteiger partial charge is 0.242 e. The number of rotatable bonds is 10. The highest BCUT2D eigenvalue weighted by Gasteiger charge is 2.26. The highest BCUT2D eigenvalue weighted by molar-refractivity contribution is 7.99. The molecular weight excluding hydrogens is 458 g/mol. The molecule has 0 aliphatic rings. The van der Waals surface area contributed by atoms with Crippen LogP contribution in [0.4, 0.5) is 4.39 Å². The molecule has 0 saturated heterocycles. The van der Waals surface area contributed by atoms with Gasteiger partial charge in [-0.15, -0.1) is 11.8 Å². The Balaban J connectivity index is 2.08. The van der Waals surface area contributed by atoms with Crippen LogP contribution in [-0.2, 0) is 21.9 Å². The van der Waals surface area contributed by atoms with Gasteiger partial charge in [0.05, 0.1) is 15.8 Å². The molecule has 0 fully saturated rings. The molecule has 0 aromatic heterocycles. The van der Waals surface area contributed by atoms with Gasteiger partial charge in [-0.1, -0.05) is 61.3 Å². The van der Waals surface area contributed by atoms with Crippen molar-refractivity contribution in [3.63, 3.8) is 0 Å². The lowest BCUT2D eigenvalue weighted by Gasteiger charge is -2.29. The van der Waals surface area contributed by atoms with Crippen LogP contribution in [0, 0.1) is 11.7 Å². The second kappa shape index (κ2) is 12.3. The first kappa shape index (κ1) is 25.5. The first-order valence-electron chi connectivity index (χ1n) is 10.0. The van der Waals surface area contributed by atoms with Crippen molar-refractivity contribution >= 4 is 46.8 Å². The predicted octanol–water partition coefficient (Wildman–Crippen LogP) is 5.56. The summed E-state index contributed by atoms with van der Waals surface area (Å²) in [4.78, 5) is 27.0. The van der Waals surface area contributed by atoms with Gasteiger partial charge in [0, 0.05) is 24.4 Å². The largest absolute Gasteiger partial charge is 0.354 e. The normalized spacial score (nSPS) is 12.0. The number of halogens is 3. The third kappa shape index (κ3) is 8.02. The van der Waals surface area contributed by atoms with Crippen LogP contribution >= 0.6 is 35.0 Å². The second-order valence-corrected chi connectivity index (χ2v) is 9.47. The lowest BCUT2D eigenvalue weighted by Crippen LogP contribution is -2.48. The van der Waals surface area contributed by atoms with Gasteiger partial charge in [0.2, 0.25) is 11.8 Å². The molecule has 0 heterocycles. The van der Waals surface area contributed by atoms with Crippen molar-refractivity contribution in [3.8, 4) is 0 Å². The number of benzene rings is 2. The topological polar surface area (TPSA) is 49.4 Å². The van der Waals surface area contributed by atoms with E-state index in [1.807, 2.05) is 19.9 Å². The summed E-state index contributed by atoms with van der Waals surface area (Å²) in [7, 11) is 0. The van der Waals surface area contributed by atoms with Crippen molar-refractivity contribution in [2.75, 3.05) is 12.3 Å². The van der Waals surface area contributed by atoms with Gasteiger partial charge < -0.3 is 10.2 Å². The van der Waals surface area contributed by atoms with Gasteiger partial charge in [0.1, 0.15) is 11.9 Å². The number of nitrogens with zero attached hydrogens (tertiary/aromatic N) is 1. The Kier molecular flexibility index (Phi) is 10.1. The molecule has 0 bridgehead atoms. The van der Waals surface area contributed by atoms with E-state index in [0.29, 0.717) is 27.9 Å². The van der Waals surface area contributed by atoms with E-state index in [0.717, 1.165) is 5.56 Å². The van der Waals surface area contributed by atoms with Gasteiger partial charge in [-0.2, -0.15) is 0 Å². The number of hydrogen-bond acceptors (Lipinski definition) is 3. The zero-order valence-corrected chi connectivity index (χ0v) is 20.2. The predicted molar refractivity (Wildman–Crippen MR) is 127 cm³/mol. The van der Waals surface area contributed by atoms with Crippen molar-refractivity contribution in [1.82, 2.24) is 10.2 Å². The average molecular weight is 485 g/mol. The van der Waals surface area contributed by atoms with Crippen LogP contribution in [0.3, 0.4) is 0 Å². The standard InChI is InChI=1S/C23H27Cl2FN2O2S/c1-15(2)11-27-23(30)16(3)28(12-18-6-4-5-7-21(18)26)22(29)14-31-13-17-8-9-19(24)20(25)10-17/h4-10,15-16H,11-14H2,1-3H3,(H,27,30)/t16-/m0/s1. The van der Waals surface area contributed by atoms with Gasteiger partial charge in [0.25, 0.3) is 0 Å². The van der Waals surface area contributed by atoms with Crippen LogP contribution in [0.1, 0.15) is 31.9 Å². The van der Waals surface area contributed by atoms with Gasteiger partial charge in [-0.05, 0) is 36.6 Å². The van der Waals surface area contributed by atoms with E-state index in [2.05, 4.69) is 5.32 Å². The summed E-state index contributed by atoms with van der Waals surface area (Å²) < 4.78 is 14.2. The number of amides is 2. The van der Waals surface area contributed by atoms with Crippen LogP contribution in [0.25, 0.3) is 0 Å². The van der Waals surface area contributed by atoms with Crippen LogP contribution in [0.2, 0.25) is 10.0 Å². The summed E-state index contributed by atoms with van der Waals surface area (Å²) in [6.07, 6.45) is 0. The highest BCUT2D eigenvalue weighted by Crippen LogP contribution is 2.25. The number of carbonyl (C=O) groups excluding carboxylic acids is 2. The quantitative estimate of drug-likeness (QED) is 0.480. The zero-order valence-electron chi connectivity index (χ0n) is 17.8. The Labute approximate surface area is 197 Å². The average Bonchev–Trinajstić information content (AvgIpc) is 2.73. The SMILES string of the molecule is CC(C)CNC(=O)[C@H](C)N(Cc1ccccc1F)C(=O)CSCc1ccc(Cl)c(Cl)c1. The fourth-order valence-corrected chi connectivity index (χ4v) is 3.99. The molecule has 31 heavy (non-hydrogen) atoms. The summed E-state index contributed by atoms with van der Waals surface area (Å²) in [5.74, 6) is 0.0983. The molecule has 0 radical (unpaired) electrons. The Morgan fingerprint density at radius 3 is 2.45 bits per heavy atom. The maximum atomic E-state index is 14.2.